The SMILES string of the molecule is CCC[C@H](c1nnnn1CC(=O)OCC)N(Cc1cc2cc(C)ccc2[nH]c1=O)C[C@H]1CCCO1. The minimum atomic E-state index is -0.386. The van der Waals surface area contributed by atoms with Gasteiger partial charge in [0.2, 0.25) is 0 Å². The number of aryl methyl sites for hydroxylation is 1. The van der Waals surface area contributed by atoms with E-state index in [9.17, 15) is 9.59 Å². The summed E-state index contributed by atoms with van der Waals surface area (Å²) in [4.78, 5) is 30.4. The Bertz CT molecular complexity index is 1200. The number of carbonyl (C=O) groups is 1. The number of tetrazole rings is 1. The van der Waals surface area contributed by atoms with Crippen molar-refractivity contribution in [3.05, 3.63) is 51.6 Å². The van der Waals surface area contributed by atoms with Crippen LogP contribution in [0.25, 0.3) is 10.9 Å². The highest BCUT2D eigenvalue weighted by Gasteiger charge is 2.30. The Kier molecular flexibility index (Phi) is 8.25. The van der Waals surface area contributed by atoms with Gasteiger partial charge in [-0.1, -0.05) is 25.0 Å². The van der Waals surface area contributed by atoms with Crippen molar-refractivity contribution >= 4 is 16.9 Å². The van der Waals surface area contributed by atoms with E-state index in [1.807, 2.05) is 25.1 Å². The van der Waals surface area contributed by atoms with Gasteiger partial charge < -0.3 is 14.5 Å². The topological polar surface area (TPSA) is 115 Å². The number of esters is 1. The van der Waals surface area contributed by atoms with Crippen LogP contribution in [0.4, 0.5) is 0 Å². The van der Waals surface area contributed by atoms with E-state index in [-0.39, 0.29) is 30.2 Å². The number of hydrogen-bond acceptors (Lipinski definition) is 8. The zero-order valence-corrected chi connectivity index (χ0v) is 20.7. The fourth-order valence-corrected chi connectivity index (χ4v) is 4.70. The van der Waals surface area contributed by atoms with Gasteiger partial charge in [-0.2, -0.15) is 0 Å². The number of rotatable bonds is 11. The molecule has 2 atom stereocenters. The van der Waals surface area contributed by atoms with Crippen LogP contribution in [0.5, 0.6) is 0 Å². The third kappa shape index (κ3) is 6.12. The third-order valence-electron chi connectivity index (χ3n) is 6.36. The smallest absolute Gasteiger partial charge is 0.327 e. The summed E-state index contributed by atoms with van der Waals surface area (Å²) < 4.78 is 12.6. The number of carbonyl (C=O) groups excluding carboxylic acids is 1. The van der Waals surface area contributed by atoms with Gasteiger partial charge in [0.15, 0.2) is 5.82 Å². The lowest BCUT2D eigenvalue weighted by Crippen LogP contribution is -2.38. The van der Waals surface area contributed by atoms with Gasteiger partial charge in [0, 0.05) is 30.8 Å². The first-order valence-corrected chi connectivity index (χ1v) is 12.4. The zero-order valence-electron chi connectivity index (χ0n) is 20.7. The van der Waals surface area contributed by atoms with E-state index < -0.39 is 0 Å². The molecule has 1 fully saturated rings. The number of benzene rings is 1. The van der Waals surface area contributed by atoms with Crippen LogP contribution in [0.2, 0.25) is 0 Å². The normalized spacial score (nSPS) is 16.7. The molecule has 0 saturated carbocycles. The summed E-state index contributed by atoms with van der Waals surface area (Å²) in [6.45, 7) is 7.94. The van der Waals surface area contributed by atoms with E-state index in [0.717, 1.165) is 48.8 Å². The minimum absolute atomic E-state index is 0.0556. The number of hydrogen-bond donors (Lipinski definition) is 1. The lowest BCUT2D eigenvalue weighted by Gasteiger charge is -2.32. The lowest BCUT2D eigenvalue weighted by atomic mass is 10.1. The molecule has 1 N–H and O–H groups in total. The molecule has 10 heteroatoms. The Morgan fingerprint density at radius 1 is 1.34 bits per heavy atom. The summed E-state index contributed by atoms with van der Waals surface area (Å²) in [5, 5.41) is 13.2. The second kappa shape index (κ2) is 11.5. The van der Waals surface area contributed by atoms with E-state index in [0.29, 0.717) is 31.1 Å². The van der Waals surface area contributed by atoms with E-state index in [2.05, 4.69) is 38.4 Å². The number of aromatic amines is 1. The van der Waals surface area contributed by atoms with Crippen LogP contribution in [0.1, 0.15) is 62.5 Å². The fraction of sp³-hybridized carbons (Fsp3) is 0.560. The van der Waals surface area contributed by atoms with Gasteiger partial charge in [0.05, 0.1) is 18.8 Å². The average Bonchev–Trinajstić information content (AvgIpc) is 3.50. The molecule has 0 aliphatic carbocycles. The number of H-pyrrole nitrogens is 1. The molecule has 3 heterocycles. The molecule has 2 aromatic heterocycles. The van der Waals surface area contributed by atoms with Crippen LogP contribution in [-0.4, -0.2) is 61.9 Å². The standard InChI is InChI=1S/C25H34N6O4/c1-4-7-22(24-27-28-29-31(24)16-23(32)34-5-2)30(15-20-8-6-11-35-20)14-19-13-18-12-17(3)9-10-21(18)26-25(19)33/h9-10,12-13,20,22H,4-8,11,14-16H2,1-3H3,(H,26,33)/t20-,22-/m1/s1. The second-order valence-electron chi connectivity index (χ2n) is 9.08. The number of fused-ring (bicyclic) bond motifs is 1. The molecular formula is C25H34N6O4. The Hall–Kier alpha value is -3.11. The fourth-order valence-electron chi connectivity index (χ4n) is 4.70. The zero-order chi connectivity index (χ0) is 24.8. The maximum atomic E-state index is 13.0. The highest BCUT2D eigenvalue weighted by atomic mass is 16.5. The Morgan fingerprint density at radius 2 is 2.20 bits per heavy atom. The number of nitrogens with one attached hydrogen (secondary N) is 1. The van der Waals surface area contributed by atoms with Gasteiger partial charge in [-0.3, -0.25) is 14.5 Å². The van der Waals surface area contributed by atoms with Crippen LogP contribution >= 0.6 is 0 Å². The van der Waals surface area contributed by atoms with Crippen molar-refractivity contribution < 1.29 is 14.3 Å². The van der Waals surface area contributed by atoms with E-state index >= 15 is 0 Å². The van der Waals surface area contributed by atoms with Gasteiger partial charge in [-0.15, -0.1) is 5.10 Å². The van der Waals surface area contributed by atoms with Crippen LogP contribution in [-0.2, 0) is 27.4 Å². The molecule has 1 aromatic carbocycles. The highest BCUT2D eigenvalue weighted by molar-refractivity contribution is 5.79. The summed E-state index contributed by atoms with van der Waals surface area (Å²) in [5.41, 5.74) is 2.51. The van der Waals surface area contributed by atoms with Crippen molar-refractivity contribution in [2.45, 2.75) is 71.7 Å². The summed E-state index contributed by atoms with van der Waals surface area (Å²) in [6.07, 6.45) is 3.71. The number of nitrogens with zero attached hydrogens (tertiary/aromatic N) is 5. The molecule has 1 aliphatic rings. The molecule has 35 heavy (non-hydrogen) atoms. The molecule has 0 radical (unpaired) electrons. The Balaban J connectivity index is 1.69. The molecular weight excluding hydrogens is 448 g/mol. The molecule has 3 aromatic rings. The van der Waals surface area contributed by atoms with E-state index in [4.69, 9.17) is 9.47 Å². The maximum absolute atomic E-state index is 13.0. The number of aromatic nitrogens is 5. The van der Waals surface area contributed by atoms with Gasteiger partial charge >= 0.3 is 5.97 Å². The van der Waals surface area contributed by atoms with Gasteiger partial charge in [0.1, 0.15) is 6.54 Å². The summed E-state index contributed by atoms with van der Waals surface area (Å²) in [7, 11) is 0. The van der Waals surface area contributed by atoms with Crippen LogP contribution in [0.15, 0.2) is 29.1 Å². The van der Waals surface area contributed by atoms with Crippen molar-refractivity contribution in [3.63, 3.8) is 0 Å². The first kappa shape index (κ1) is 25.0. The second-order valence-corrected chi connectivity index (χ2v) is 9.08. The first-order chi connectivity index (χ1) is 17.0. The van der Waals surface area contributed by atoms with Crippen molar-refractivity contribution in [2.24, 2.45) is 0 Å². The van der Waals surface area contributed by atoms with E-state index in [1.165, 1.54) is 4.68 Å². The van der Waals surface area contributed by atoms with Gasteiger partial charge in [-0.05, 0) is 67.1 Å². The largest absolute Gasteiger partial charge is 0.465 e. The monoisotopic (exact) mass is 482 g/mol. The average molecular weight is 483 g/mol. The Labute approximate surface area is 204 Å². The summed E-state index contributed by atoms with van der Waals surface area (Å²) in [5.74, 6) is 0.203. The highest BCUT2D eigenvalue weighted by Crippen LogP contribution is 2.28. The van der Waals surface area contributed by atoms with Gasteiger partial charge in [0.25, 0.3) is 5.56 Å². The molecule has 0 unspecified atom stereocenters. The molecule has 4 rings (SSSR count). The van der Waals surface area contributed by atoms with Crippen molar-refractivity contribution in [1.29, 1.82) is 0 Å². The molecule has 0 bridgehead atoms. The molecule has 188 valence electrons. The third-order valence-corrected chi connectivity index (χ3v) is 6.36. The summed E-state index contributed by atoms with van der Waals surface area (Å²) >= 11 is 0. The van der Waals surface area contributed by atoms with Crippen LogP contribution in [0, 0.1) is 6.92 Å². The first-order valence-electron chi connectivity index (χ1n) is 12.4. The number of pyridine rings is 1. The van der Waals surface area contributed by atoms with E-state index in [1.54, 1.807) is 6.92 Å². The predicted molar refractivity (Wildman–Crippen MR) is 131 cm³/mol. The van der Waals surface area contributed by atoms with Crippen LogP contribution < -0.4 is 5.56 Å². The van der Waals surface area contributed by atoms with Crippen molar-refractivity contribution in [2.75, 3.05) is 19.8 Å². The molecule has 0 amide bonds. The molecule has 1 aliphatic heterocycles. The minimum Gasteiger partial charge on any atom is -0.465 e. The van der Waals surface area contributed by atoms with Crippen molar-refractivity contribution in [3.8, 4) is 0 Å². The Morgan fingerprint density at radius 3 is 2.94 bits per heavy atom. The quantitative estimate of drug-likeness (QED) is 0.415. The van der Waals surface area contributed by atoms with Crippen molar-refractivity contribution in [1.82, 2.24) is 30.1 Å². The van der Waals surface area contributed by atoms with Gasteiger partial charge in [-0.25, -0.2) is 4.68 Å². The molecule has 1 saturated heterocycles. The number of ether oxygens (including phenoxy) is 2. The lowest BCUT2D eigenvalue weighted by molar-refractivity contribution is -0.144. The molecule has 0 spiro atoms. The maximum Gasteiger partial charge on any atom is 0.327 e. The molecule has 10 nitrogen and oxygen atoms in total. The predicted octanol–water partition coefficient (Wildman–Crippen LogP) is 2.91. The summed E-state index contributed by atoms with van der Waals surface area (Å²) in [6, 6.07) is 7.77. The van der Waals surface area contributed by atoms with Crippen LogP contribution in [0.3, 0.4) is 0 Å².